The molecule has 0 atom stereocenters. The van der Waals surface area contributed by atoms with Crippen LogP contribution in [-0.4, -0.2) is 20.8 Å². The molecule has 1 aromatic carbocycles. The lowest BCUT2D eigenvalue weighted by molar-refractivity contribution is 0.0962. The molecule has 6 heteroatoms. The third kappa shape index (κ3) is 2.40. The van der Waals surface area contributed by atoms with Gasteiger partial charge in [-0.1, -0.05) is 23.2 Å². The highest BCUT2D eigenvalue weighted by Crippen LogP contribution is 2.21. The Morgan fingerprint density at radius 1 is 1.25 bits per heavy atom. The largest absolute Gasteiger partial charge is 0.292 e. The van der Waals surface area contributed by atoms with Crippen LogP contribution in [0.15, 0.2) is 30.6 Å². The molecule has 0 aliphatic rings. The number of Topliss-reactive ketones (excluding diaryl/α,β-unsaturated/α-hetero) is 1. The summed E-state index contributed by atoms with van der Waals surface area (Å²) in [6, 6.07) is 4.75. The highest BCUT2D eigenvalue weighted by atomic mass is 35.5. The molecule has 0 aliphatic carbocycles. The first-order valence-corrected chi connectivity index (χ1v) is 5.25. The Balaban J connectivity index is 2.21. The number of aromatic nitrogens is 3. The first-order chi connectivity index (χ1) is 7.66. The quantitative estimate of drug-likeness (QED) is 0.792. The Bertz CT molecular complexity index is 511. The third-order valence-corrected chi connectivity index (χ3v) is 2.53. The Morgan fingerprint density at radius 2 is 1.94 bits per heavy atom. The van der Waals surface area contributed by atoms with E-state index in [2.05, 4.69) is 10.2 Å². The normalized spacial score (nSPS) is 10.4. The summed E-state index contributed by atoms with van der Waals surface area (Å²) in [7, 11) is 0. The van der Waals surface area contributed by atoms with Gasteiger partial charge < -0.3 is 0 Å². The van der Waals surface area contributed by atoms with E-state index < -0.39 is 0 Å². The number of carbonyl (C=O) groups excluding carboxylic acids is 1. The fraction of sp³-hybridized carbons (Fsp3) is 0.100. The van der Waals surface area contributed by atoms with Gasteiger partial charge in [-0.3, -0.25) is 4.79 Å². The van der Waals surface area contributed by atoms with Gasteiger partial charge in [0.2, 0.25) is 0 Å². The van der Waals surface area contributed by atoms with E-state index in [9.17, 15) is 4.79 Å². The highest BCUT2D eigenvalue weighted by Gasteiger charge is 2.11. The maximum Gasteiger partial charge on any atom is 0.187 e. The molecule has 0 unspecified atom stereocenters. The number of hydrogen-bond acceptors (Lipinski definition) is 3. The molecule has 2 aromatic rings. The van der Waals surface area contributed by atoms with Gasteiger partial charge in [0.25, 0.3) is 0 Å². The zero-order valence-electron chi connectivity index (χ0n) is 8.10. The van der Waals surface area contributed by atoms with Gasteiger partial charge in [-0.2, -0.15) is 15.0 Å². The molecule has 0 spiro atoms. The van der Waals surface area contributed by atoms with E-state index in [0.717, 1.165) is 0 Å². The van der Waals surface area contributed by atoms with Gasteiger partial charge in [0.15, 0.2) is 5.78 Å². The van der Waals surface area contributed by atoms with Gasteiger partial charge in [0, 0.05) is 10.6 Å². The van der Waals surface area contributed by atoms with Crippen molar-refractivity contribution in [2.75, 3.05) is 0 Å². The van der Waals surface area contributed by atoms with Crippen LogP contribution in [0.3, 0.4) is 0 Å². The maximum atomic E-state index is 11.8. The second-order valence-corrected chi connectivity index (χ2v) is 3.95. The average molecular weight is 256 g/mol. The zero-order chi connectivity index (χ0) is 11.5. The number of halogens is 2. The van der Waals surface area contributed by atoms with Crippen molar-refractivity contribution < 1.29 is 4.79 Å². The summed E-state index contributed by atoms with van der Waals surface area (Å²) >= 11 is 11.6. The molecule has 0 bridgehead atoms. The molecule has 1 heterocycles. The average Bonchev–Trinajstić information content (AvgIpc) is 2.70. The van der Waals surface area contributed by atoms with Crippen LogP contribution in [0.5, 0.6) is 0 Å². The van der Waals surface area contributed by atoms with Gasteiger partial charge in [-0.05, 0) is 18.2 Å². The molecule has 0 amide bonds. The van der Waals surface area contributed by atoms with E-state index in [1.54, 1.807) is 12.1 Å². The summed E-state index contributed by atoms with van der Waals surface area (Å²) in [5.41, 5.74) is 0.420. The minimum Gasteiger partial charge on any atom is -0.292 e. The maximum absolute atomic E-state index is 11.8. The Hall–Kier alpha value is -1.39. The monoisotopic (exact) mass is 255 g/mol. The number of rotatable bonds is 3. The summed E-state index contributed by atoms with van der Waals surface area (Å²) in [5, 5.41) is 8.53. The molecule has 0 saturated carbocycles. The summed E-state index contributed by atoms with van der Waals surface area (Å²) in [5.74, 6) is -0.155. The highest BCUT2D eigenvalue weighted by molar-refractivity contribution is 6.36. The SMILES string of the molecule is O=C(Cn1nccn1)c1ccc(Cl)cc1Cl. The van der Waals surface area contributed by atoms with Crippen molar-refractivity contribution in [3.05, 3.63) is 46.2 Å². The molecular formula is C10H7Cl2N3O. The van der Waals surface area contributed by atoms with Crippen molar-refractivity contribution >= 4 is 29.0 Å². The van der Waals surface area contributed by atoms with E-state index in [1.807, 2.05) is 0 Å². The predicted molar refractivity (Wildman–Crippen MR) is 60.8 cm³/mol. The van der Waals surface area contributed by atoms with Crippen molar-refractivity contribution in [2.45, 2.75) is 6.54 Å². The van der Waals surface area contributed by atoms with Gasteiger partial charge in [0.05, 0.1) is 17.4 Å². The van der Waals surface area contributed by atoms with Crippen molar-refractivity contribution in [3.8, 4) is 0 Å². The molecule has 0 N–H and O–H groups in total. The lowest BCUT2D eigenvalue weighted by Gasteiger charge is -2.03. The fourth-order valence-corrected chi connectivity index (χ4v) is 1.77. The van der Waals surface area contributed by atoms with Crippen molar-refractivity contribution in [1.29, 1.82) is 0 Å². The molecule has 0 aliphatic heterocycles. The molecule has 0 saturated heterocycles. The molecule has 2 rings (SSSR count). The zero-order valence-corrected chi connectivity index (χ0v) is 9.61. The first kappa shape index (κ1) is 11.1. The second-order valence-electron chi connectivity index (χ2n) is 3.11. The lowest BCUT2D eigenvalue weighted by atomic mass is 10.1. The minimum atomic E-state index is -0.155. The summed E-state index contributed by atoms with van der Waals surface area (Å²) < 4.78 is 0. The predicted octanol–water partition coefficient (Wildman–Crippen LogP) is 2.47. The molecule has 16 heavy (non-hydrogen) atoms. The number of hydrogen-bond donors (Lipinski definition) is 0. The number of benzene rings is 1. The van der Waals surface area contributed by atoms with Crippen LogP contribution in [-0.2, 0) is 6.54 Å². The number of ketones is 1. The van der Waals surface area contributed by atoms with Crippen LogP contribution < -0.4 is 0 Å². The molecular weight excluding hydrogens is 249 g/mol. The molecule has 4 nitrogen and oxygen atoms in total. The Kier molecular flexibility index (Phi) is 3.22. The van der Waals surface area contributed by atoms with Gasteiger partial charge >= 0.3 is 0 Å². The van der Waals surface area contributed by atoms with Crippen LogP contribution in [0.25, 0.3) is 0 Å². The van der Waals surface area contributed by atoms with Crippen molar-refractivity contribution in [3.63, 3.8) is 0 Å². The van der Waals surface area contributed by atoms with Crippen LogP contribution >= 0.6 is 23.2 Å². The summed E-state index contributed by atoms with van der Waals surface area (Å²) in [4.78, 5) is 13.1. The Morgan fingerprint density at radius 3 is 2.56 bits per heavy atom. The number of carbonyl (C=O) groups is 1. The molecule has 1 aromatic heterocycles. The fourth-order valence-electron chi connectivity index (χ4n) is 1.25. The van der Waals surface area contributed by atoms with Crippen molar-refractivity contribution in [2.24, 2.45) is 0 Å². The van der Waals surface area contributed by atoms with Crippen LogP contribution in [0.4, 0.5) is 0 Å². The van der Waals surface area contributed by atoms with E-state index in [0.29, 0.717) is 15.6 Å². The third-order valence-electron chi connectivity index (χ3n) is 1.98. The van der Waals surface area contributed by atoms with E-state index in [1.165, 1.54) is 23.3 Å². The van der Waals surface area contributed by atoms with Gasteiger partial charge in [-0.25, -0.2) is 0 Å². The van der Waals surface area contributed by atoms with E-state index >= 15 is 0 Å². The Labute approximate surface area is 102 Å². The molecule has 0 radical (unpaired) electrons. The van der Waals surface area contributed by atoms with Crippen LogP contribution in [0, 0.1) is 0 Å². The van der Waals surface area contributed by atoms with Gasteiger partial charge in [0.1, 0.15) is 6.54 Å². The van der Waals surface area contributed by atoms with Crippen LogP contribution in [0.2, 0.25) is 10.0 Å². The number of nitrogens with zero attached hydrogens (tertiary/aromatic N) is 3. The van der Waals surface area contributed by atoms with E-state index in [-0.39, 0.29) is 12.3 Å². The van der Waals surface area contributed by atoms with Gasteiger partial charge in [-0.15, -0.1) is 0 Å². The standard InChI is InChI=1S/C10H7Cl2N3O/c11-7-1-2-8(9(12)5-7)10(16)6-15-13-3-4-14-15/h1-5H,6H2. The minimum absolute atomic E-state index is 0.0638. The summed E-state index contributed by atoms with van der Waals surface area (Å²) in [6.07, 6.45) is 3.02. The molecule has 0 fully saturated rings. The topological polar surface area (TPSA) is 47.8 Å². The van der Waals surface area contributed by atoms with E-state index in [4.69, 9.17) is 23.2 Å². The first-order valence-electron chi connectivity index (χ1n) is 4.49. The lowest BCUT2D eigenvalue weighted by Crippen LogP contribution is -2.13. The van der Waals surface area contributed by atoms with Crippen molar-refractivity contribution in [1.82, 2.24) is 15.0 Å². The van der Waals surface area contributed by atoms with Crippen LogP contribution in [0.1, 0.15) is 10.4 Å². The second kappa shape index (κ2) is 4.63. The molecule has 82 valence electrons. The summed E-state index contributed by atoms with van der Waals surface area (Å²) in [6.45, 7) is 0.0638. The smallest absolute Gasteiger partial charge is 0.187 e.